The molecule has 0 radical (unpaired) electrons. The summed E-state index contributed by atoms with van der Waals surface area (Å²) in [7, 11) is 1.83. The molecule has 0 saturated heterocycles. The van der Waals surface area contributed by atoms with Gasteiger partial charge in [0.1, 0.15) is 0 Å². The molecule has 0 aromatic carbocycles. The van der Waals surface area contributed by atoms with E-state index >= 15 is 0 Å². The zero-order valence-electron chi connectivity index (χ0n) is 7.28. The number of aromatic nitrogens is 3. The number of nitrogens with one attached hydrogen (secondary N) is 1. The highest BCUT2D eigenvalue weighted by Crippen LogP contribution is 1.90. The molecule has 0 aliphatic rings. The lowest BCUT2D eigenvalue weighted by atomic mass is 10.3. The van der Waals surface area contributed by atoms with Crippen LogP contribution in [-0.4, -0.2) is 21.0 Å². The SMILES string of the molecule is C#CC(C)NCc1cn(C)nn1. The summed E-state index contributed by atoms with van der Waals surface area (Å²) in [5, 5.41) is 10.8. The second kappa shape index (κ2) is 3.88. The van der Waals surface area contributed by atoms with E-state index < -0.39 is 0 Å². The maximum atomic E-state index is 5.19. The smallest absolute Gasteiger partial charge is 0.0965 e. The maximum Gasteiger partial charge on any atom is 0.0965 e. The zero-order valence-corrected chi connectivity index (χ0v) is 7.28. The van der Waals surface area contributed by atoms with Crippen molar-refractivity contribution >= 4 is 0 Å². The van der Waals surface area contributed by atoms with Crippen LogP contribution >= 0.6 is 0 Å². The van der Waals surface area contributed by atoms with Crippen molar-refractivity contribution in [3.63, 3.8) is 0 Å². The standard InChI is InChI=1S/C8H12N4/c1-4-7(2)9-5-8-6-12(3)11-10-8/h1,6-7,9H,5H2,2-3H3. The highest BCUT2D eigenvalue weighted by molar-refractivity contribution is 4.98. The monoisotopic (exact) mass is 164 g/mol. The molecule has 0 amide bonds. The fourth-order valence-electron chi connectivity index (χ4n) is 0.793. The van der Waals surface area contributed by atoms with Crippen LogP contribution in [0.4, 0.5) is 0 Å². The van der Waals surface area contributed by atoms with Crippen LogP contribution in [0.1, 0.15) is 12.6 Å². The van der Waals surface area contributed by atoms with Gasteiger partial charge in [0.25, 0.3) is 0 Å². The molecule has 0 fully saturated rings. The van der Waals surface area contributed by atoms with Crippen molar-refractivity contribution in [3.8, 4) is 12.3 Å². The molecule has 0 bridgehead atoms. The Labute approximate surface area is 72.0 Å². The van der Waals surface area contributed by atoms with Gasteiger partial charge >= 0.3 is 0 Å². The molecule has 1 N–H and O–H groups in total. The second-order valence-electron chi connectivity index (χ2n) is 2.65. The minimum absolute atomic E-state index is 0.0759. The average molecular weight is 164 g/mol. The Balaban J connectivity index is 2.39. The summed E-state index contributed by atoms with van der Waals surface area (Å²) in [6, 6.07) is 0.0759. The van der Waals surface area contributed by atoms with E-state index in [-0.39, 0.29) is 6.04 Å². The van der Waals surface area contributed by atoms with E-state index in [0.717, 1.165) is 5.69 Å². The van der Waals surface area contributed by atoms with Gasteiger partial charge in [0, 0.05) is 19.8 Å². The Hall–Kier alpha value is -1.34. The first kappa shape index (κ1) is 8.75. The van der Waals surface area contributed by atoms with E-state index in [1.165, 1.54) is 0 Å². The highest BCUT2D eigenvalue weighted by Gasteiger charge is 1.99. The highest BCUT2D eigenvalue weighted by atomic mass is 15.4. The number of terminal acetylenes is 1. The largest absolute Gasteiger partial charge is 0.298 e. The van der Waals surface area contributed by atoms with Crippen molar-refractivity contribution < 1.29 is 0 Å². The van der Waals surface area contributed by atoms with Crippen LogP contribution in [0.3, 0.4) is 0 Å². The lowest BCUT2D eigenvalue weighted by Crippen LogP contribution is -2.23. The van der Waals surface area contributed by atoms with Crippen LogP contribution in [0.2, 0.25) is 0 Å². The summed E-state index contributed by atoms with van der Waals surface area (Å²) in [5.74, 6) is 2.58. The third kappa shape index (κ3) is 2.36. The van der Waals surface area contributed by atoms with Crippen molar-refractivity contribution in [2.45, 2.75) is 19.5 Å². The molecule has 0 aliphatic heterocycles. The predicted molar refractivity (Wildman–Crippen MR) is 46.1 cm³/mol. The average Bonchev–Trinajstić information content (AvgIpc) is 2.47. The van der Waals surface area contributed by atoms with Gasteiger partial charge in [0.05, 0.1) is 11.7 Å². The third-order valence-corrected chi connectivity index (χ3v) is 1.49. The number of hydrogen-bond acceptors (Lipinski definition) is 3. The lowest BCUT2D eigenvalue weighted by Gasteiger charge is -2.03. The zero-order chi connectivity index (χ0) is 8.97. The summed E-state index contributed by atoms with van der Waals surface area (Å²) < 4.78 is 1.66. The van der Waals surface area contributed by atoms with Crippen LogP contribution in [0.15, 0.2) is 6.20 Å². The normalized spacial score (nSPS) is 12.4. The summed E-state index contributed by atoms with van der Waals surface area (Å²) in [6.07, 6.45) is 7.05. The molecule has 4 heteroatoms. The Bertz CT molecular complexity index is 283. The second-order valence-corrected chi connectivity index (χ2v) is 2.65. The fourth-order valence-corrected chi connectivity index (χ4v) is 0.793. The first-order valence-corrected chi connectivity index (χ1v) is 3.77. The van der Waals surface area contributed by atoms with Gasteiger partial charge in [0.15, 0.2) is 0 Å². The van der Waals surface area contributed by atoms with Gasteiger partial charge in [-0.1, -0.05) is 11.1 Å². The quantitative estimate of drug-likeness (QED) is 0.636. The molecule has 12 heavy (non-hydrogen) atoms. The van der Waals surface area contributed by atoms with E-state index in [0.29, 0.717) is 6.54 Å². The third-order valence-electron chi connectivity index (χ3n) is 1.49. The topological polar surface area (TPSA) is 42.7 Å². The molecule has 4 nitrogen and oxygen atoms in total. The molecule has 1 aromatic heterocycles. The van der Waals surface area contributed by atoms with Crippen molar-refractivity contribution in [1.29, 1.82) is 0 Å². The number of aryl methyl sites for hydroxylation is 1. The number of hydrogen-bond donors (Lipinski definition) is 1. The predicted octanol–water partition coefficient (Wildman–Crippen LogP) is -0.0736. The summed E-state index contributed by atoms with van der Waals surface area (Å²) in [4.78, 5) is 0. The molecule has 0 aliphatic carbocycles. The van der Waals surface area contributed by atoms with Crippen molar-refractivity contribution in [3.05, 3.63) is 11.9 Å². The number of nitrogens with zero attached hydrogens (tertiary/aromatic N) is 3. The molecule has 1 unspecified atom stereocenters. The van der Waals surface area contributed by atoms with Gasteiger partial charge in [0.2, 0.25) is 0 Å². The Morgan fingerprint density at radius 3 is 3.08 bits per heavy atom. The minimum Gasteiger partial charge on any atom is -0.298 e. The minimum atomic E-state index is 0.0759. The number of rotatable bonds is 3. The molecular formula is C8H12N4. The molecule has 1 rings (SSSR count). The Kier molecular flexibility index (Phi) is 2.83. The van der Waals surface area contributed by atoms with Gasteiger partial charge in [-0.2, -0.15) is 0 Å². The molecule has 0 saturated carbocycles. The van der Waals surface area contributed by atoms with Gasteiger partial charge in [-0.05, 0) is 6.92 Å². The molecular weight excluding hydrogens is 152 g/mol. The summed E-state index contributed by atoms with van der Waals surface area (Å²) >= 11 is 0. The van der Waals surface area contributed by atoms with Crippen molar-refractivity contribution in [2.75, 3.05) is 0 Å². The van der Waals surface area contributed by atoms with Crippen LogP contribution in [0, 0.1) is 12.3 Å². The summed E-state index contributed by atoms with van der Waals surface area (Å²) in [5.41, 5.74) is 0.902. The van der Waals surface area contributed by atoms with E-state index in [1.807, 2.05) is 20.2 Å². The van der Waals surface area contributed by atoms with Crippen molar-refractivity contribution in [1.82, 2.24) is 20.3 Å². The van der Waals surface area contributed by atoms with Crippen LogP contribution < -0.4 is 5.32 Å². The van der Waals surface area contributed by atoms with Gasteiger partial charge < -0.3 is 0 Å². The van der Waals surface area contributed by atoms with Gasteiger partial charge in [-0.25, -0.2) is 0 Å². The molecule has 1 aromatic rings. The molecule has 0 spiro atoms. The first-order chi connectivity index (χ1) is 5.72. The van der Waals surface area contributed by atoms with Crippen LogP contribution in [0.5, 0.6) is 0 Å². The lowest BCUT2D eigenvalue weighted by molar-refractivity contribution is 0.635. The van der Waals surface area contributed by atoms with Gasteiger partial charge in [-0.15, -0.1) is 11.5 Å². The Morgan fingerprint density at radius 1 is 1.83 bits per heavy atom. The maximum absolute atomic E-state index is 5.19. The van der Waals surface area contributed by atoms with E-state index in [4.69, 9.17) is 6.42 Å². The van der Waals surface area contributed by atoms with E-state index in [2.05, 4.69) is 21.5 Å². The first-order valence-electron chi connectivity index (χ1n) is 3.77. The van der Waals surface area contributed by atoms with Gasteiger partial charge in [-0.3, -0.25) is 10.00 Å². The fraction of sp³-hybridized carbons (Fsp3) is 0.500. The molecule has 1 heterocycles. The van der Waals surface area contributed by atoms with Crippen LogP contribution in [0.25, 0.3) is 0 Å². The van der Waals surface area contributed by atoms with Crippen LogP contribution in [-0.2, 0) is 13.6 Å². The van der Waals surface area contributed by atoms with E-state index in [1.54, 1.807) is 4.68 Å². The molecule has 64 valence electrons. The summed E-state index contributed by atoms with van der Waals surface area (Å²) in [6.45, 7) is 2.59. The van der Waals surface area contributed by atoms with E-state index in [9.17, 15) is 0 Å². The molecule has 1 atom stereocenters. The Morgan fingerprint density at radius 2 is 2.58 bits per heavy atom. The van der Waals surface area contributed by atoms with Crippen molar-refractivity contribution in [2.24, 2.45) is 7.05 Å².